The van der Waals surface area contributed by atoms with Gasteiger partial charge in [0.2, 0.25) is 5.09 Å². The van der Waals surface area contributed by atoms with E-state index in [1.807, 2.05) is 0 Å². The van der Waals surface area contributed by atoms with Gasteiger partial charge >= 0.3 is 5.97 Å². The molecule has 1 unspecified atom stereocenters. The van der Waals surface area contributed by atoms with Crippen LogP contribution in [-0.4, -0.2) is 61.3 Å². The molecule has 0 saturated carbocycles. The molecule has 2 heterocycles. The number of furan rings is 1. The van der Waals surface area contributed by atoms with Gasteiger partial charge in [-0.1, -0.05) is 0 Å². The van der Waals surface area contributed by atoms with Gasteiger partial charge in [-0.3, -0.25) is 9.59 Å². The third-order valence-corrected chi connectivity index (χ3v) is 5.80. The molecule has 134 valence electrons. The van der Waals surface area contributed by atoms with Crippen LogP contribution in [0, 0.1) is 0 Å². The number of piperidine rings is 1. The molecular formula is C15H22N2O6S. The van der Waals surface area contributed by atoms with Crippen molar-refractivity contribution in [3.8, 4) is 0 Å². The number of carboxylic acid groups (broad SMARTS) is 1. The van der Waals surface area contributed by atoms with E-state index in [2.05, 4.69) is 0 Å². The first kappa shape index (κ1) is 18.5. The van der Waals surface area contributed by atoms with Crippen LogP contribution in [0.1, 0.15) is 42.7 Å². The lowest BCUT2D eigenvalue weighted by Crippen LogP contribution is -2.43. The highest BCUT2D eigenvalue weighted by atomic mass is 32.2. The summed E-state index contributed by atoms with van der Waals surface area (Å²) in [6, 6.07) is 2.45. The van der Waals surface area contributed by atoms with Gasteiger partial charge in [0.25, 0.3) is 15.9 Å². The highest BCUT2D eigenvalue weighted by molar-refractivity contribution is 7.88. The lowest BCUT2D eigenvalue weighted by atomic mass is 9.97. The molecule has 1 N–H and O–H groups in total. The minimum absolute atomic E-state index is 0.00708. The Morgan fingerprint density at radius 3 is 2.67 bits per heavy atom. The molecule has 2 rings (SSSR count). The van der Waals surface area contributed by atoms with Crippen LogP contribution in [0.5, 0.6) is 0 Å². The fraction of sp³-hybridized carbons (Fsp3) is 0.600. The molecule has 9 heteroatoms. The van der Waals surface area contributed by atoms with Crippen LogP contribution in [0.25, 0.3) is 0 Å². The van der Waals surface area contributed by atoms with Gasteiger partial charge in [-0.15, -0.1) is 0 Å². The molecule has 1 aromatic rings. The maximum absolute atomic E-state index is 12.6. The topological polar surface area (TPSA) is 108 Å². The summed E-state index contributed by atoms with van der Waals surface area (Å²) in [5, 5.41) is 8.56. The summed E-state index contributed by atoms with van der Waals surface area (Å²) in [6.07, 6.45) is 2.88. The number of hydrogen-bond donors (Lipinski definition) is 1. The average molecular weight is 358 g/mol. The van der Waals surface area contributed by atoms with Crippen molar-refractivity contribution in [2.24, 2.45) is 0 Å². The molecular weight excluding hydrogens is 336 g/mol. The van der Waals surface area contributed by atoms with Gasteiger partial charge in [0.15, 0.2) is 5.76 Å². The second kappa shape index (κ2) is 7.35. The van der Waals surface area contributed by atoms with Crippen molar-refractivity contribution in [3.05, 3.63) is 17.9 Å². The van der Waals surface area contributed by atoms with Crippen LogP contribution in [0.2, 0.25) is 0 Å². The molecule has 24 heavy (non-hydrogen) atoms. The summed E-state index contributed by atoms with van der Waals surface area (Å²) in [6.45, 7) is 0.513. The number of rotatable bonds is 6. The molecule has 1 aliphatic heterocycles. The van der Waals surface area contributed by atoms with Gasteiger partial charge in [0.05, 0.1) is 0 Å². The van der Waals surface area contributed by atoms with Crippen molar-refractivity contribution < 1.29 is 27.5 Å². The van der Waals surface area contributed by atoms with E-state index in [9.17, 15) is 18.0 Å². The van der Waals surface area contributed by atoms with Crippen LogP contribution >= 0.6 is 0 Å². The molecule has 0 aromatic carbocycles. The number of amides is 1. The van der Waals surface area contributed by atoms with Crippen molar-refractivity contribution in [1.29, 1.82) is 0 Å². The standard InChI is InChI=1S/C15H22N2O6S/c1-16(2)24(21,22)14-9-7-12(23-14)15(20)17-10-4-3-5-11(17)6-8-13(18)19/h7,9,11H,3-6,8,10H2,1-2H3,(H,18,19). The van der Waals surface area contributed by atoms with Gasteiger partial charge in [-0.2, -0.15) is 0 Å². The van der Waals surface area contributed by atoms with Gasteiger partial charge in [-0.25, -0.2) is 12.7 Å². The first-order valence-electron chi connectivity index (χ1n) is 7.78. The van der Waals surface area contributed by atoms with Crippen molar-refractivity contribution >= 4 is 21.9 Å². The molecule has 1 aromatic heterocycles. The Balaban J connectivity index is 2.17. The normalized spacial score (nSPS) is 18.8. The second-order valence-corrected chi connectivity index (χ2v) is 8.07. The molecule has 8 nitrogen and oxygen atoms in total. The summed E-state index contributed by atoms with van der Waals surface area (Å²) < 4.78 is 30.3. The Hall–Kier alpha value is -1.87. The zero-order valence-corrected chi connectivity index (χ0v) is 14.6. The summed E-state index contributed by atoms with van der Waals surface area (Å²) in [4.78, 5) is 25.0. The van der Waals surface area contributed by atoms with Gasteiger partial charge in [0, 0.05) is 33.1 Å². The predicted octanol–water partition coefficient (Wildman–Crippen LogP) is 1.39. The van der Waals surface area contributed by atoms with E-state index in [1.165, 1.54) is 26.2 Å². The zero-order chi connectivity index (χ0) is 17.9. The number of likely N-dealkylation sites (tertiary alicyclic amines) is 1. The van der Waals surface area contributed by atoms with E-state index in [-0.39, 0.29) is 23.3 Å². The Bertz CT molecular complexity index is 709. The Morgan fingerprint density at radius 2 is 2.04 bits per heavy atom. The minimum atomic E-state index is -3.74. The summed E-state index contributed by atoms with van der Waals surface area (Å²) in [5.41, 5.74) is 0. The third kappa shape index (κ3) is 3.96. The lowest BCUT2D eigenvalue weighted by Gasteiger charge is -2.35. The number of hydrogen-bond acceptors (Lipinski definition) is 5. The number of carbonyl (C=O) groups excluding carboxylic acids is 1. The van der Waals surface area contributed by atoms with Crippen LogP contribution in [-0.2, 0) is 14.8 Å². The molecule has 0 radical (unpaired) electrons. The van der Waals surface area contributed by atoms with E-state index in [1.54, 1.807) is 4.90 Å². The second-order valence-electron chi connectivity index (χ2n) is 5.99. The number of sulfonamides is 1. The molecule has 1 saturated heterocycles. The molecule has 0 bridgehead atoms. The van der Waals surface area contributed by atoms with Gasteiger partial charge in [0.1, 0.15) is 0 Å². The van der Waals surface area contributed by atoms with E-state index < -0.39 is 21.9 Å². The summed E-state index contributed by atoms with van der Waals surface area (Å²) in [7, 11) is -0.975. The average Bonchev–Trinajstić information content (AvgIpc) is 3.03. The van der Waals surface area contributed by atoms with Crippen LogP contribution in [0.15, 0.2) is 21.6 Å². The van der Waals surface area contributed by atoms with Crippen molar-refractivity contribution in [1.82, 2.24) is 9.21 Å². The number of aliphatic carboxylic acids is 1. The van der Waals surface area contributed by atoms with Crippen LogP contribution in [0.3, 0.4) is 0 Å². The lowest BCUT2D eigenvalue weighted by molar-refractivity contribution is -0.137. The van der Waals surface area contributed by atoms with E-state index in [0.29, 0.717) is 13.0 Å². The van der Waals surface area contributed by atoms with E-state index in [4.69, 9.17) is 9.52 Å². The fourth-order valence-electron chi connectivity index (χ4n) is 2.75. The van der Waals surface area contributed by atoms with Crippen LogP contribution < -0.4 is 0 Å². The summed E-state index contributed by atoms with van der Waals surface area (Å²) >= 11 is 0. The quantitative estimate of drug-likeness (QED) is 0.823. The van der Waals surface area contributed by atoms with Crippen molar-refractivity contribution in [3.63, 3.8) is 0 Å². The molecule has 1 atom stereocenters. The SMILES string of the molecule is CN(C)S(=O)(=O)c1ccc(C(=O)N2CCCCC2CCC(=O)O)o1. The maximum Gasteiger partial charge on any atom is 0.303 e. The molecule has 1 aliphatic rings. The monoisotopic (exact) mass is 358 g/mol. The Kier molecular flexibility index (Phi) is 5.66. The largest absolute Gasteiger partial charge is 0.481 e. The maximum atomic E-state index is 12.6. The van der Waals surface area contributed by atoms with Gasteiger partial charge < -0.3 is 14.4 Å². The zero-order valence-electron chi connectivity index (χ0n) is 13.8. The third-order valence-electron chi connectivity index (χ3n) is 4.11. The van der Waals surface area contributed by atoms with Crippen molar-refractivity contribution in [2.45, 2.75) is 43.2 Å². The molecule has 0 spiro atoms. The highest BCUT2D eigenvalue weighted by Gasteiger charge is 2.31. The smallest absolute Gasteiger partial charge is 0.303 e. The first-order chi connectivity index (χ1) is 11.2. The van der Waals surface area contributed by atoms with Crippen LogP contribution in [0.4, 0.5) is 0 Å². The van der Waals surface area contributed by atoms with Gasteiger partial charge in [-0.05, 0) is 37.8 Å². The van der Waals surface area contributed by atoms with E-state index >= 15 is 0 Å². The molecule has 1 fully saturated rings. The number of carboxylic acids is 1. The van der Waals surface area contributed by atoms with E-state index in [0.717, 1.165) is 23.6 Å². The highest BCUT2D eigenvalue weighted by Crippen LogP contribution is 2.25. The molecule has 0 aliphatic carbocycles. The number of nitrogens with zero attached hydrogens (tertiary/aromatic N) is 2. The fourth-order valence-corrected chi connectivity index (χ4v) is 3.55. The Labute approximate surface area is 141 Å². The van der Waals surface area contributed by atoms with Crippen molar-refractivity contribution in [2.75, 3.05) is 20.6 Å². The summed E-state index contributed by atoms with van der Waals surface area (Å²) in [5.74, 6) is -1.34. The minimum Gasteiger partial charge on any atom is -0.481 e. The Morgan fingerprint density at radius 1 is 1.33 bits per heavy atom. The first-order valence-corrected chi connectivity index (χ1v) is 9.22. The molecule has 1 amide bonds. The predicted molar refractivity (Wildman–Crippen MR) is 85.1 cm³/mol. The number of carbonyl (C=O) groups is 2.